The fraction of sp³-hybridized carbons (Fsp3) is 1.00. The van der Waals surface area contributed by atoms with Gasteiger partial charge in [0.2, 0.25) is 0 Å². The highest BCUT2D eigenvalue weighted by molar-refractivity contribution is 4.85. The molecule has 0 amide bonds. The molecule has 0 spiro atoms. The Labute approximate surface area is 118 Å². The molecule has 19 heavy (non-hydrogen) atoms. The van der Waals surface area contributed by atoms with Crippen molar-refractivity contribution >= 4 is 0 Å². The van der Waals surface area contributed by atoms with Gasteiger partial charge in [0, 0.05) is 38.9 Å². The highest BCUT2D eigenvalue weighted by Crippen LogP contribution is 2.22. The summed E-state index contributed by atoms with van der Waals surface area (Å²) in [5.41, 5.74) is -0.0269. The van der Waals surface area contributed by atoms with Crippen molar-refractivity contribution in [2.75, 3.05) is 39.4 Å². The summed E-state index contributed by atoms with van der Waals surface area (Å²) in [6.45, 7) is 16.6. The van der Waals surface area contributed by atoms with Crippen LogP contribution in [0.1, 0.15) is 41.0 Å². The van der Waals surface area contributed by atoms with Crippen LogP contribution < -0.4 is 5.32 Å². The van der Waals surface area contributed by atoms with Crippen LogP contribution in [0.15, 0.2) is 0 Å². The quantitative estimate of drug-likeness (QED) is 0.684. The standard InChI is InChI=1S/C15H32N2O2/c1-6-18-9-7-8-16-10-13(2)17-11-14(3)19-15(4,5)12-17/h13-14,16H,6-12H2,1-5H3. The molecule has 1 aliphatic rings. The van der Waals surface area contributed by atoms with E-state index in [-0.39, 0.29) is 5.60 Å². The first kappa shape index (κ1) is 16.9. The van der Waals surface area contributed by atoms with E-state index in [4.69, 9.17) is 9.47 Å². The van der Waals surface area contributed by atoms with Gasteiger partial charge in [-0.2, -0.15) is 0 Å². The average molecular weight is 272 g/mol. The lowest BCUT2D eigenvalue weighted by Crippen LogP contribution is -2.56. The minimum absolute atomic E-state index is 0.0269. The maximum Gasteiger partial charge on any atom is 0.0757 e. The molecule has 0 aromatic rings. The molecule has 0 bridgehead atoms. The molecule has 4 nitrogen and oxygen atoms in total. The number of hydrogen-bond donors (Lipinski definition) is 1. The van der Waals surface area contributed by atoms with Gasteiger partial charge in [-0.15, -0.1) is 0 Å². The highest BCUT2D eigenvalue weighted by atomic mass is 16.5. The molecule has 1 saturated heterocycles. The van der Waals surface area contributed by atoms with E-state index in [1.165, 1.54) is 0 Å². The highest BCUT2D eigenvalue weighted by Gasteiger charge is 2.33. The largest absolute Gasteiger partial charge is 0.382 e. The van der Waals surface area contributed by atoms with Crippen LogP contribution in [0.2, 0.25) is 0 Å². The van der Waals surface area contributed by atoms with Gasteiger partial charge >= 0.3 is 0 Å². The number of rotatable bonds is 8. The zero-order valence-corrected chi connectivity index (χ0v) is 13.4. The van der Waals surface area contributed by atoms with Crippen molar-refractivity contribution < 1.29 is 9.47 Å². The Balaban J connectivity index is 2.19. The summed E-state index contributed by atoms with van der Waals surface area (Å²) >= 11 is 0. The monoisotopic (exact) mass is 272 g/mol. The molecular weight excluding hydrogens is 240 g/mol. The van der Waals surface area contributed by atoms with E-state index >= 15 is 0 Å². The zero-order chi connectivity index (χ0) is 14.3. The molecule has 0 saturated carbocycles. The van der Waals surface area contributed by atoms with Gasteiger partial charge in [-0.05, 0) is 47.6 Å². The SMILES string of the molecule is CCOCCCNCC(C)N1CC(C)OC(C)(C)C1. The fourth-order valence-corrected chi connectivity index (χ4v) is 2.72. The van der Waals surface area contributed by atoms with E-state index in [1.54, 1.807) is 0 Å². The smallest absolute Gasteiger partial charge is 0.0757 e. The number of nitrogens with zero attached hydrogens (tertiary/aromatic N) is 1. The van der Waals surface area contributed by atoms with Crippen LogP contribution in [0.25, 0.3) is 0 Å². The number of ether oxygens (including phenoxy) is 2. The van der Waals surface area contributed by atoms with Gasteiger partial charge in [0.25, 0.3) is 0 Å². The van der Waals surface area contributed by atoms with E-state index in [1.807, 2.05) is 6.92 Å². The Kier molecular flexibility index (Phi) is 7.29. The zero-order valence-electron chi connectivity index (χ0n) is 13.4. The lowest BCUT2D eigenvalue weighted by Gasteiger charge is -2.44. The van der Waals surface area contributed by atoms with E-state index < -0.39 is 0 Å². The van der Waals surface area contributed by atoms with Gasteiger partial charge < -0.3 is 14.8 Å². The summed E-state index contributed by atoms with van der Waals surface area (Å²) < 4.78 is 11.3. The van der Waals surface area contributed by atoms with Gasteiger partial charge in [0.05, 0.1) is 11.7 Å². The van der Waals surface area contributed by atoms with Crippen LogP contribution in [0.5, 0.6) is 0 Å². The van der Waals surface area contributed by atoms with Crippen molar-refractivity contribution in [3.8, 4) is 0 Å². The predicted octanol–water partition coefficient (Wildman–Crippen LogP) is 1.89. The molecule has 1 aliphatic heterocycles. The van der Waals surface area contributed by atoms with E-state index in [0.29, 0.717) is 12.1 Å². The lowest BCUT2D eigenvalue weighted by molar-refractivity contribution is -0.136. The van der Waals surface area contributed by atoms with Crippen LogP contribution in [0.3, 0.4) is 0 Å². The van der Waals surface area contributed by atoms with Crippen molar-refractivity contribution in [3.63, 3.8) is 0 Å². The first-order valence-corrected chi connectivity index (χ1v) is 7.65. The molecular formula is C15H32N2O2. The summed E-state index contributed by atoms with van der Waals surface area (Å²) in [4.78, 5) is 2.53. The Morgan fingerprint density at radius 3 is 2.84 bits per heavy atom. The van der Waals surface area contributed by atoms with Crippen molar-refractivity contribution in [2.45, 2.75) is 58.8 Å². The maximum absolute atomic E-state index is 5.95. The second kappa shape index (κ2) is 8.20. The Morgan fingerprint density at radius 1 is 1.47 bits per heavy atom. The Hall–Kier alpha value is -0.160. The Bertz CT molecular complexity index is 246. The maximum atomic E-state index is 5.95. The minimum atomic E-state index is -0.0269. The van der Waals surface area contributed by atoms with Gasteiger partial charge in [0.1, 0.15) is 0 Å². The third-order valence-electron chi connectivity index (χ3n) is 3.51. The number of morpholine rings is 1. The summed E-state index contributed by atoms with van der Waals surface area (Å²) in [7, 11) is 0. The molecule has 0 aromatic heterocycles. The van der Waals surface area contributed by atoms with Gasteiger partial charge in [-0.25, -0.2) is 0 Å². The molecule has 1 N–H and O–H groups in total. The van der Waals surface area contributed by atoms with Gasteiger partial charge in [0.15, 0.2) is 0 Å². The average Bonchev–Trinajstić information content (AvgIpc) is 2.30. The van der Waals surface area contributed by atoms with Crippen molar-refractivity contribution in [1.29, 1.82) is 0 Å². The molecule has 4 heteroatoms. The molecule has 0 radical (unpaired) electrons. The van der Waals surface area contributed by atoms with Crippen molar-refractivity contribution in [3.05, 3.63) is 0 Å². The molecule has 1 fully saturated rings. The van der Waals surface area contributed by atoms with E-state index in [9.17, 15) is 0 Å². The summed E-state index contributed by atoms with van der Waals surface area (Å²) in [5, 5.41) is 3.52. The van der Waals surface area contributed by atoms with Gasteiger partial charge in [-0.1, -0.05) is 0 Å². The second-order valence-electron chi connectivity index (χ2n) is 6.22. The molecule has 0 aromatic carbocycles. The van der Waals surface area contributed by atoms with Crippen LogP contribution in [0.4, 0.5) is 0 Å². The van der Waals surface area contributed by atoms with Crippen molar-refractivity contribution in [2.24, 2.45) is 0 Å². The fourth-order valence-electron chi connectivity index (χ4n) is 2.72. The predicted molar refractivity (Wildman–Crippen MR) is 79.6 cm³/mol. The van der Waals surface area contributed by atoms with E-state index in [0.717, 1.165) is 45.8 Å². The first-order valence-electron chi connectivity index (χ1n) is 7.65. The lowest BCUT2D eigenvalue weighted by atomic mass is 10.0. The van der Waals surface area contributed by atoms with Crippen LogP contribution in [-0.2, 0) is 9.47 Å². The number of hydrogen-bond acceptors (Lipinski definition) is 4. The molecule has 0 aliphatic carbocycles. The third-order valence-corrected chi connectivity index (χ3v) is 3.51. The normalized spacial score (nSPS) is 25.4. The van der Waals surface area contributed by atoms with Gasteiger partial charge in [-0.3, -0.25) is 4.90 Å². The molecule has 2 atom stereocenters. The molecule has 114 valence electrons. The summed E-state index contributed by atoms with van der Waals surface area (Å²) in [6, 6.07) is 0.553. The molecule has 2 unspecified atom stereocenters. The Morgan fingerprint density at radius 2 is 2.21 bits per heavy atom. The third kappa shape index (κ3) is 6.70. The molecule has 1 heterocycles. The summed E-state index contributed by atoms with van der Waals surface area (Å²) in [6.07, 6.45) is 1.41. The van der Waals surface area contributed by atoms with Crippen LogP contribution in [0, 0.1) is 0 Å². The molecule has 1 rings (SSSR count). The topological polar surface area (TPSA) is 33.7 Å². The minimum Gasteiger partial charge on any atom is -0.382 e. The second-order valence-corrected chi connectivity index (χ2v) is 6.22. The van der Waals surface area contributed by atoms with E-state index in [2.05, 4.69) is 37.9 Å². The van der Waals surface area contributed by atoms with Crippen LogP contribution in [-0.4, -0.2) is 62.0 Å². The van der Waals surface area contributed by atoms with Crippen LogP contribution >= 0.6 is 0 Å². The first-order chi connectivity index (χ1) is 8.94. The van der Waals surface area contributed by atoms with Crippen molar-refractivity contribution in [1.82, 2.24) is 10.2 Å². The number of nitrogens with one attached hydrogen (secondary N) is 1. The summed E-state index contributed by atoms with van der Waals surface area (Å²) in [5.74, 6) is 0.